The zero-order valence-corrected chi connectivity index (χ0v) is 22.3. The van der Waals surface area contributed by atoms with Gasteiger partial charge in [-0.1, -0.05) is 75.9 Å². The molecule has 1 atom stereocenters. The summed E-state index contributed by atoms with van der Waals surface area (Å²) in [7, 11) is 0.653. The minimum atomic E-state index is 0.572. The van der Waals surface area contributed by atoms with Crippen LogP contribution in [0.5, 0.6) is 0 Å². The Morgan fingerprint density at radius 1 is 1.08 bits per heavy atom. The highest BCUT2D eigenvalue weighted by Crippen LogP contribution is 2.34. The van der Waals surface area contributed by atoms with Crippen LogP contribution in [0.1, 0.15) is 80.2 Å². The van der Waals surface area contributed by atoms with Gasteiger partial charge in [-0.3, -0.25) is 9.79 Å². The zero-order chi connectivity index (χ0) is 25.3. The number of aldehydes is 1. The molecule has 1 aliphatic rings. The van der Waals surface area contributed by atoms with Crippen molar-refractivity contribution in [1.82, 2.24) is 20.6 Å². The molecule has 1 unspecified atom stereocenters. The Morgan fingerprint density at radius 3 is 2.56 bits per heavy atom. The number of aliphatic imine (C=N–C) groups is 1. The number of carbonyl (C=O) groups excluding carboxylic acids is 1. The number of hydrogen-bond acceptors (Lipinski definition) is 5. The molecule has 1 heterocycles. The lowest BCUT2D eigenvalue weighted by Crippen LogP contribution is -2.10. The van der Waals surface area contributed by atoms with Crippen molar-refractivity contribution in [3.63, 3.8) is 0 Å². The van der Waals surface area contributed by atoms with Crippen LogP contribution in [0.4, 0.5) is 0 Å². The van der Waals surface area contributed by atoms with Crippen molar-refractivity contribution in [3.05, 3.63) is 82.3 Å². The smallest absolute Gasteiger partial charge is 0.202 e. The number of tetrazole rings is 1. The topological polar surface area (TPSA) is 83.9 Å². The van der Waals surface area contributed by atoms with E-state index in [0.717, 1.165) is 29.3 Å². The van der Waals surface area contributed by atoms with E-state index in [0.29, 0.717) is 20.3 Å². The van der Waals surface area contributed by atoms with Crippen LogP contribution in [0.15, 0.2) is 64.8 Å². The first-order valence-corrected chi connectivity index (χ1v) is 13.8. The molecule has 0 bridgehead atoms. The van der Waals surface area contributed by atoms with E-state index in [9.17, 15) is 4.79 Å². The molecule has 1 aromatic heterocycles. The second-order valence-electron chi connectivity index (χ2n) is 9.43. The highest BCUT2D eigenvalue weighted by atomic mass is 31.1. The lowest BCUT2D eigenvalue weighted by molar-refractivity contribution is 0.112. The second-order valence-corrected chi connectivity index (χ2v) is 10.7. The molecular formula is C29H34N5OP. The zero-order valence-electron chi connectivity index (χ0n) is 21.3. The van der Waals surface area contributed by atoms with Crippen LogP contribution < -0.4 is 5.30 Å². The van der Waals surface area contributed by atoms with E-state index in [4.69, 9.17) is 4.99 Å². The van der Waals surface area contributed by atoms with Gasteiger partial charge in [0.05, 0.1) is 0 Å². The molecule has 0 radical (unpaired) electrons. The quantitative estimate of drug-likeness (QED) is 0.210. The third-order valence-electron chi connectivity index (χ3n) is 7.03. The minimum absolute atomic E-state index is 0.572. The average molecular weight is 500 g/mol. The molecule has 0 aliphatic heterocycles. The van der Waals surface area contributed by atoms with Crippen molar-refractivity contribution in [2.24, 2.45) is 10.9 Å². The Kier molecular flexibility index (Phi) is 9.07. The van der Waals surface area contributed by atoms with Crippen molar-refractivity contribution < 1.29 is 4.79 Å². The first kappa shape index (κ1) is 25.8. The minimum Gasteiger partial charge on any atom is -0.298 e. The third-order valence-corrected chi connectivity index (χ3v) is 8.36. The van der Waals surface area contributed by atoms with Gasteiger partial charge < -0.3 is 0 Å². The number of hydrogen-bond donors (Lipinski definition) is 1. The van der Waals surface area contributed by atoms with Crippen LogP contribution in [-0.2, 0) is 6.16 Å². The van der Waals surface area contributed by atoms with Crippen LogP contribution >= 0.6 is 8.58 Å². The molecule has 7 heteroatoms. The predicted molar refractivity (Wildman–Crippen MR) is 150 cm³/mol. The number of rotatable bonds is 9. The van der Waals surface area contributed by atoms with Crippen molar-refractivity contribution >= 4 is 37.5 Å². The summed E-state index contributed by atoms with van der Waals surface area (Å²) in [5.41, 5.74) is 7.54. The molecule has 3 aromatic rings. The van der Waals surface area contributed by atoms with Crippen molar-refractivity contribution in [2.75, 3.05) is 0 Å². The molecule has 1 saturated carbocycles. The van der Waals surface area contributed by atoms with Gasteiger partial charge in [-0.2, -0.15) is 5.21 Å². The number of benzene rings is 2. The van der Waals surface area contributed by atoms with Gasteiger partial charge in [0.25, 0.3) is 0 Å². The standard InChI is InChI=1S/C29H34N5OP/c1-20(29-31-33-34-32-29)22(3)30-17-28(21(2)25-10-5-4-6-11-25)26-12-14-27(15-13-26)36-19-24-9-7-8-23(16-24)18-35/h7-9,12-18,25,36H,4-6,10-11,19H2,1-3H3,(H,31,32,33,34)/b22-20-,28-21-,30-17-. The van der Waals surface area contributed by atoms with Crippen molar-refractivity contribution in [2.45, 2.75) is 59.0 Å². The molecule has 6 nitrogen and oxygen atoms in total. The number of nitrogens with one attached hydrogen (secondary N) is 1. The van der Waals surface area contributed by atoms with E-state index in [2.05, 4.69) is 57.9 Å². The first-order valence-electron chi connectivity index (χ1n) is 12.6. The van der Waals surface area contributed by atoms with Gasteiger partial charge in [-0.15, -0.1) is 10.2 Å². The Balaban J connectivity index is 1.57. The number of nitrogens with zero attached hydrogens (tertiary/aromatic N) is 4. The van der Waals surface area contributed by atoms with E-state index in [1.54, 1.807) is 0 Å². The number of aromatic nitrogens is 4. The van der Waals surface area contributed by atoms with Crippen molar-refractivity contribution in [1.29, 1.82) is 0 Å². The van der Waals surface area contributed by atoms with Gasteiger partial charge in [0.2, 0.25) is 5.82 Å². The molecule has 36 heavy (non-hydrogen) atoms. The summed E-state index contributed by atoms with van der Waals surface area (Å²) in [6.45, 7) is 6.23. The second kappa shape index (κ2) is 12.6. The molecule has 1 fully saturated rings. The number of carbonyl (C=O) groups is 1. The Bertz CT molecular complexity index is 1250. The summed E-state index contributed by atoms with van der Waals surface area (Å²) in [5, 5.41) is 15.6. The first-order chi connectivity index (χ1) is 17.5. The molecule has 0 amide bonds. The lowest BCUT2D eigenvalue weighted by Gasteiger charge is -2.24. The number of allylic oxidation sites excluding steroid dienone is 4. The van der Waals surface area contributed by atoms with Crippen molar-refractivity contribution in [3.8, 4) is 0 Å². The molecular weight excluding hydrogens is 465 g/mol. The molecule has 0 saturated heterocycles. The molecule has 186 valence electrons. The van der Waals surface area contributed by atoms with Crippen LogP contribution in [0, 0.1) is 5.92 Å². The van der Waals surface area contributed by atoms with Gasteiger partial charge >= 0.3 is 0 Å². The van der Waals surface area contributed by atoms with Crippen LogP contribution in [-0.4, -0.2) is 33.1 Å². The Hall–Kier alpha value is -3.24. The van der Waals surface area contributed by atoms with Gasteiger partial charge in [0.15, 0.2) is 0 Å². The summed E-state index contributed by atoms with van der Waals surface area (Å²) in [5.74, 6) is 1.18. The highest BCUT2D eigenvalue weighted by Gasteiger charge is 2.18. The van der Waals surface area contributed by atoms with Crippen LogP contribution in [0.2, 0.25) is 0 Å². The fraction of sp³-hybridized carbons (Fsp3) is 0.345. The predicted octanol–water partition coefficient (Wildman–Crippen LogP) is 6.39. The van der Waals surface area contributed by atoms with Gasteiger partial charge in [0, 0.05) is 23.0 Å². The van der Waals surface area contributed by atoms with E-state index >= 15 is 0 Å². The van der Waals surface area contributed by atoms with E-state index in [1.165, 1.54) is 59.7 Å². The summed E-state index contributed by atoms with van der Waals surface area (Å²) in [6.07, 6.45) is 10.3. The van der Waals surface area contributed by atoms with Crippen LogP contribution in [0.3, 0.4) is 0 Å². The summed E-state index contributed by atoms with van der Waals surface area (Å²) in [6, 6.07) is 16.8. The number of aromatic amines is 1. The maximum Gasteiger partial charge on any atom is 0.202 e. The molecule has 2 aromatic carbocycles. The van der Waals surface area contributed by atoms with Gasteiger partial charge in [-0.05, 0) is 79.0 Å². The van der Waals surface area contributed by atoms with Gasteiger partial charge in [0.1, 0.15) is 6.29 Å². The molecule has 1 N–H and O–H groups in total. The third kappa shape index (κ3) is 6.70. The summed E-state index contributed by atoms with van der Waals surface area (Å²) >= 11 is 0. The summed E-state index contributed by atoms with van der Waals surface area (Å²) in [4.78, 5) is 15.9. The molecule has 1 aliphatic carbocycles. The van der Waals surface area contributed by atoms with Gasteiger partial charge in [-0.25, -0.2) is 0 Å². The highest BCUT2D eigenvalue weighted by molar-refractivity contribution is 7.46. The normalized spacial score (nSPS) is 16.4. The number of H-pyrrole nitrogens is 1. The fourth-order valence-corrected chi connectivity index (χ4v) is 5.68. The largest absolute Gasteiger partial charge is 0.298 e. The molecule has 0 spiro atoms. The maximum atomic E-state index is 11.1. The van der Waals surface area contributed by atoms with E-state index in [-0.39, 0.29) is 0 Å². The van der Waals surface area contributed by atoms with Crippen LogP contribution in [0.25, 0.3) is 11.1 Å². The maximum absolute atomic E-state index is 11.1. The van der Waals surface area contributed by atoms with E-state index in [1.807, 2.05) is 38.3 Å². The lowest BCUT2D eigenvalue weighted by atomic mass is 9.81. The molecule has 4 rings (SSSR count). The monoisotopic (exact) mass is 499 g/mol. The SMILES string of the molecule is CC(/N=C\C(=C(/C)C1CCCCC1)c1ccc(PCc2cccc(C=O)c2)cc1)=C(\C)c1nn[nH]n1. The summed E-state index contributed by atoms with van der Waals surface area (Å²) < 4.78 is 0. The Labute approximate surface area is 215 Å². The fourth-order valence-electron chi connectivity index (χ4n) is 4.65. The Morgan fingerprint density at radius 2 is 1.86 bits per heavy atom. The average Bonchev–Trinajstić information content (AvgIpc) is 3.48. The van der Waals surface area contributed by atoms with E-state index < -0.39 is 0 Å².